The molecule has 122 valence electrons. The van der Waals surface area contributed by atoms with Gasteiger partial charge in [-0.2, -0.15) is 0 Å². The van der Waals surface area contributed by atoms with E-state index in [0.29, 0.717) is 19.2 Å². The van der Waals surface area contributed by atoms with Crippen molar-refractivity contribution in [3.8, 4) is 5.75 Å². The molecule has 2 rings (SSSR count). The van der Waals surface area contributed by atoms with Gasteiger partial charge in [0, 0.05) is 6.04 Å². The number of aryl methyl sites for hydroxylation is 1. The highest BCUT2D eigenvalue weighted by Gasteiger charge is 2.14. The maximum atomic E-state index is 11.9. The fourth-order valence-corrected chi connectivity index (χ4v) is 2.92. The minimum atomic E-state index is -0.0701. The van der Waals surface area contributed by atoms with E-state index in [1.54, 1.807) is 0 Å². The molecule has 1 aromatic rings. The highest BCUT2D eigenvalue weighted by molar-refractivity contribution is 5.74. The van der Waals surface area contributed by atoms with Crippen LogP contribution >= 0.6 is 0 Å². The van der Waals surface area contributed by atoms with Gasteiger partial charge in [0.25, 0.3) is 0 Å². The largest absolute Gasteiger partial charge is 0.491 e. The number of nitrogens with one attached hydrogen (secondary N) is 2. The van der Waals surface area contributed by atoms with Crippen molar-refractivity contribution in [3.63, 3.8) is 0 Å². The van der Waals surface area contributed by atoms with Crippen LogP contribution in [0.1, 0.15) is 51.0 Å². The number of benzene rings is 1. The van der Waals surface area contributed by atoms with Crippen LogP contribution in [0.4, 0.5) is 4.79 Å². The normalized spacial score (nSPS) is 15.9. The zero-order valence-corrected chi connectivity index (χ0v) is 13.6. The van der Waals surface area contributed by atoms with E-state index in [1.807, 2.05) is 18.2 Å². The minimum absolute atomic E-state index is 0.0701. The van der Waals surface area contributed by atoms with Crippen LogP contribution in [0.25, 0.3) is 0 Å². The second-order valence-electron chi connectivity index (χ2n) is 5.90. The van der Waals surface area contributed by atoms with Gasteiger partial charge in [0.05, 0.1) is 6.54 Å². The number of urea groups is 1. The molecular formula is C18H28N2O2. The standard InChI is InChI=1S/C18H28N2O2/c1-2-15-9-7-8-12-17(15)22-14-13-19-18(21)20-16-10-5-3-4-6-11-16/h7-9,12,16H,2-6,10-11,13-14H2,1H3,(H2,19,20,21). The molecule has 0 atom stereocenters. The molecule has 1 saturated carbocycles. The lowest BCUT2D eigenvalue weighted by molar-refractivity contribution is 0.231. The monoisotopic (exact) mass is 304 g/mol. The molecule has 4 heteroatoms. The van der Waals surface area contributed by atoms with E-state index in [2.05, 4.69) is 23.6 Å². The number of carbonyl (C=O) groups is 1. The fourth-order valence-electron chi connectivity index (χ4n) is 2.92. The summed E-state index contributed by atoms with van der Waals surface area (Å²) < 4.78 is 5.75. The zero-order valence-electron chi connectivity index (χ0n) is 13.6. The molecular weight excluding hydrogens is 276 g/mol. The van der Waals surface area contributed by atoms with Crippen LogP contribution in [0, 0.1) is 0 Å². The Morgan fingerprint density at radius 2 is 1.91 bits per heavy atom. The van der Waals surface area contributed by atoms with E-state index in [4.69, 9.17) is 4.74 Å². The van der Waals surface area contributed by atoms with Gasteiger partial charge >= 0.3 is 6.03 Å². The van der Waals surface area contributed by atoms with Crippen LogP contribution in [0.5, 0.6) is 5.75 Å². The lowest BCUT2D eigenvalue weighted by Gasteiger charge is -2.17. The SMILES string of the molecule is CCc1ccccc1OCCNC(=O)NC1CCCCCC1. The number of hydrogen-bond donors (Lipinski definition) is 2. The molecule has 2 amide bonds. The Labute approximate surface area is 133 Å². The summed E-state index contributed by atoms with van der Waals surface area (Å²) in [7, 11) is 0. The molecule has 1 aromatic carbocycles. The smallest absolute Gasteiger partial charge is 0.315 e. The third kappa shape index (κ3) is 5.58. The molecule has 0 heterocycles. The first-order chi connectivity index (χ1) is 10.8. The lowest BCUT2D eigenvalue weighted by Crippen LogP contribution is -2.43. The Balaban J connectivity index is 1.64. The van der Waals surface area contributed by atoms with Gasteiger partial charge in [-0.05, 0) is 30.9 Å². The van der Waals surface area contributed by atoms with Crippen molar-refractivity contribution < 1.29 is 9.53 Å². The zero-order chi connectivity index (χ0) is 15.6. The van der Waals surface area contributed by atoms with Gasteiger partial charge in [-0.1, -0.05) is 50.8 Å². The summed E-state index contributed by atoms with van der Waals surface area (Å²) in [6.07, 6.45) is 8.20. The van der Waals surface area contributed by atoms with Crippen molar-refractivity contribution in [1.82, 2.24) is 10.6 Å². The quantitative estimate of drug-likeness (QED) is 0.622. The molecule has 0 aromatic heterocycles. The van der Waals surface area contributed by atoms with E-state index in [-0.39, 0.29) is 6.03 Å². The third-order valence-electron chi connectivity index (χ3n) is 4.19. The Hall–Kier alpha value is -1.71. The molecule has 22 heavy (non-hydrogen) atoms. The predicted molar refractivity (Wildman–Crippen MR) is 89.3 cm³/mol. The fraction of sp³-hybridized carbons (Fsp3) is 0.611. The molecule has 0 saturated heterocycles. The summed E-state index contributed by atoms with van der Waals surface area (Å²) in [4.78, 5) is 11.9. The van der Waals surface area contributed by atoms with Gasteiger partial charge in [0.15, 0.2) is 0 Å². The highest BCUT2D eigenvalue weighted by atomic mass is 16.5. The molecule has 1 aliphatic carbocycles. The number of rotatable bonds is 6. The van der Waals surface area contributed by atoms with Crippen molar-refractivity contribution in [1.29, 1.82) is 0 Å². The number of para-hydroxylation sites is 1. The molecule has 0 unspecified atom stereocenters. The summed E-state index contributed by atoms with van der Waals surface area (Å²) in [5.41, 5.74) is 1.20. The molecule has 1 fully saturated rings. The minimum Gasteiger partial charge on any atom is -0.491 e. The number of amides is 2. The van der Waals surface area contributed by atoms with E-state index in [9.17, 15) is 4.79 Å². The molecule has 2 N–H and O–H groups in total. The molecule has 0 aliphatic heterocycles. The molecule has 0 bridgehead atoms. The number of hydrogen-bond acceptors (Lipinski definition) is 2. The van der Waals surface area contributed by atoms with Crippen molar-refractivity contribution in [3.05, 3.63) is 29.8 Å². The summed E-state index contributed by atoms with van der Waals surface area (Å²) in [5, 5.41) is 5.96. The summed E-state index contributed by atoms with van der Waals surface area (Å²) in [6, 6.07) is 8.31. The Bertz CT molecular complexity index is 454. The highest BCUT2D eigenvalue weighted by Crippen LogP contribution is 2.18. The second-order valence-corrected chi connectivity index (χ2v) is 5.90. The van der Waals surface area contributed by atoms with Gasteiger partial charge in [0.2, 0.25) is 0 Å². The first-order valence-electron chi connectivity index (χ1n) is 8.54. The summed E-state index contributed by atoms with van der Waals surface area (Å²) in [6.45, 7) is 3.13. The topological polar surface area (TPSA) is 50.4 Å². The van der Waals surface area contributed by atoms with Gasteiger partial charge < -0.3 is 15.4 Å². The van der Waals surface area contributed by atoms with E-state index >= 15 is 0 Å². The maximum absolute atomic E-state index is 11.9. The van der Waals surface area contributed by atoms with Crippen molar-refractivity contribution in [2.24, 2.45) is 0 Å². The van der Waals surface area contributed by atoms with Crippen LogP contribution in [0.3, 0.4) is 0 Å². The van der Waals surface area contributed by atoms with Crippen LogP contribution in [0.2, 0.25) is 0 Å². The average Bonchev–Trinajstić information content (AvgIpc) is 2.80. The molecule has 0 radical (unpaired) electrons. The van der Waals surface area contributed by atoms with Crippen LogP contribution in [-0.4, -0.2) is 25.2 Å². The van der Waals surface area contributed by atoms with Gasteiger partial charge in [-0.15, -0.1) is 0 Å². The van der Waals surface area contributed by atoms with E-state index < -0.39 is 0 Å². The van der Waals surface area contributed by atoms with Crippen molar-refractivity contribution in [2.75, 3.05) is 13.2 Å². The molecule has 0 spiro atoms. The van der Waals surface area contributed by atoms with Gasteiger partial charge in [-0.3, -0.25) is 0 Å². The average molecular weight is 304 g/mol. The second kappa shape index (κ2) is 9.34. The van der Waals surface area contributed by atoms with Crippen molar-refractivity contribution >= 4 is 6.03 Å². The lowest BCUT2D eigenvalue weighted by atomic mass is 10.1. The number of carbonyl (C=O) groups excluding carboxylic acids is 1. The molecule has 1 aliphatic rings. The molecule has 4 nitrogen and oxygen atoms in total. The Kier molecular flexibility index (Phi) is 7.07. The summed E-state index contributed by atoms with van der Waals surface area (Å²) >= 11 is 0. The van der Waals surface area contributed by atoms with E-state index in [0.717, 1.165) is 25.0 Å². The number of ether oxygens (including phenoxy) is 1. The first kappa shape index (κ1) is 16.7. The van der Waals surface area contributed by atoms with Crippen molar-refractivity contribution in [2.45, 2.75) is 57.9 Å². The summed E-state index contributed by atoms with van der Waals surface area (Å²) in [5.74, 6) is 0.913. The Morgan fingerprint density at radius 3 is 2.64 bits per heavy atom. The van der Waals surface area contributed by atoms with Crippen LogP contribution < -0.4 is 15.4 Å². The van der Waals surface area contributed by atoms with E-state index in [1.165, 1.54) is 31.2 Å². The predicted octanol–water partition coefficient (Wildman–Crippen LogP) is 3.65. The van der Waals surface area contributed by atoms with Crippen LogP contribution in [0.15, 0.2) is 24.3 Å². The van der Waals surface area contributed by atoms with Crippen LogP contribution in [-0.2, 0) is 6.42 Å². The van der Waals surface area contributed by atoms with Gasteiger partial charge in [0.1, 0.15) is 12.4 Å². The third-order valence-corrected chi connectivity index (χ3v) is 4.19. The van der Waals surface area contributed by atoms with Gasteiger partial charge in [-0.25, -0.2) is 4.79 Å². The Morgan fingerprint density at radius 1 is 1.18 bits per heavy atom. The maximum Gasteiger partial charge on any atom is 0.315 e. The first-order valence-corrected chi connectivity index (χ1v) is 8.54.